The third-order valence-corrected chi connectivity index (χ3v) is 1.76. The number of rotatable bonds is 2. The highest BCUT2D eigenvalue weighted by atomic mass is 19.4. The van der Waals surface area contributed by atoms with E-state index in [1.807, 2.05) is 0 Å². The van der Waals surface area contributed by atoms with Gasteiger partial charge in [-0.1, -0.05) is 0 Å². The Bertz CT molecular complexity index is 460. The lowest BCUT2D eigenvalue weighted by Crippen LogP contribution is -2.13. The number of nitrogens with zero attached hydrogens (tertiary/aromatic N) is 2. The summed E-state index contributed by atoms with van der Waals surface area (Å²) in [6.07, 6.45) is -8.50. The Morgan fingerprint density at radius 2 is 1.94 bits per heavy atom. The smallest absolute Gasteiger partial charge is 0.391 e. The highest BCUT2D eigenvalue weighted by Gasteiger charge is 2.37. The van der Waals surface area contributed by atoms with Gasteiger partial charge in [-0.15, -0.1) is 0 Å². The van der Waals surface area contributed by atoms with E-state index in [9.17, 15) is 32.1 Å². The van der Waals surface area contributed by atoms with Crippen LogP contribution in [0.25, 0.3) is 0 Å². The van der Waals surface area contributed by atoms with Crippen LogP contribution in [0.3, 0.4) is 0 Å². The molecule has 0 radical (unpaired) electrons. The van der Waals surface area contributed by atoms with Crippen molar-refractivity contribution < 1.29 is 26.9 Å². The molecule has 0 atom stereocenters. The highest BCUT2D eigenvalue weighted by Crippen LogP contribution is 2.36. The number of hydrogen-bond acceptors (Lipinski definition) is 4. The second kappa shape index (κ2) is 4.11. The van der Waals surface area contributed by atoms with Crippen LogP contribution in [-0.2, 0) is 6.18 Å². The maximum absolute atomic E-state index is 12.3. The van der Waals surface area contributed by atoms with Gasteiger partial charge >= 0.3 is 6.18 Å². The quantitative estimate of drug-likeness (QED) is 0.501. The first-order chi connectivity index (χ1) is 7.64. The lowest BCUT2D eigenvalue weighted by atomic mass is 10.2. The minimum absolute atomic E-state index is 0.0151. The van der Waals surface area contributed by atoms with E-state index in [0.717, 1.165) is 0 Å². The molecule has 0 aromatic carbocycles. The van der Waals surface area contributed by atoms with Crippen molar-refractivity contribution in [3.05, 3.63) is 27.6 Å². The monoisotopic (exact) mass is 257 g/mol. The number of aromatic nitrogens is 1. The normalized spacial score (nSPS) is 11.9. The molecule has 0 fully saturated rings. The molecule has 94 valence electrons. The van der Waals surface area contributed by atoms with Crippen LogP contribution >= 0.6 is 0 Å². The van der Waals surface area contributed by atoms with Gasteiger partial charge in [-0.2, -0.15) is 13.2 Å². The van der Waals surface area contributed by atoms with Gasteiger partial charge < -0.3 is 5.73 Å². The minimum atomic E-state index is -5.07. The number of halogens is 5. The standard InChI is InChI=1S/C7H4F5N3O2/c8-6(9)5-4(13)2(15(16)17)1-3(14-5)7(10,11)12/h1,6H,13H2. The predicted molar refractivity (Wildman–Crippen MR) is 45.3 cm³/mol. The van der Waals surface area contributed by atoms with Crippen molar-refractivity contribution >= 4 is 11.4 Å². The average Bonchev–Trinajstić information content (AvgIpc) is 2.14. The van der Waals surface area contributed by atoms with Crippen molar-refractivity contribution in [3.8, 4) is 0 Å². The zero-order valence-electron chi connectivity index (χ0n) is 7.83. The molecular weight excluding hydrogens is 253 g/mol. The number of anilines is 1. The molecule has 1 rings (SSSR count). The predicted octanol–water partition coefficient (Wildman–Crippen LogP) is 2.53. The minimum Gasteiger partial charge on any atom is -0.391 e. The third-order valence-electron chi connectivity index (χ3n) is 1.76. The number of hydrogen-bond donors (Lipinski definition) is 1. The van der Waals surface area contributed by atoms with Crippen molar-refractivity contribution in [2.45, 2.75) is 12.6 Å². The van der Waals surface area contributed by atoms with Crippen LogP contribution in [0.5, 0.6) is 0 Å². The Hall–Kier alpha value is -2.00. The van der Waals surface area contributed by atoms with E-state index in [-0.39, 0.29) is 6.07 Å². The SMILES string of the molecule is Nc1c([N+](=O)[O-])cc(C(F)(F)F)nc1C(F)F. The Labute approximate surface area is 90.2 Å². The average molecular weight is 257 g/mol. The van der Waals surface area contributed by atoms with Crippen molar-refractivity contribution in [3.63, 3.8) is 0 Å². The molecule has 1 aromatic heterocycles. The Balaban J connectivity index is 3.53. The second-order valence-electron chi connectivity index (χ2n) is 2.88. The molecule has 2 N–H and O–H groups in total. The van der Waals surface area contributed by atoms with Gasteiger partial charge in [0, 0.05) is 6.07 Å². The summed E-state index contributed by atoms with van der Waals surface area (Å²) < 4.78 is 61.3. The maximum atomic E-state index is 12.3. The summed E-state index contributed by atoms with van der Waals surface area (Å²) in [6.45, 7) is 0. The highest BCUT2D eigenvalue weighted by molar-refractivity contribution is 5.62. The van der Waals surface area contributed by atoms with Gasteiger partial charge in [0.1, 0.15) is 11.4 Å². The van der Waals surface area contributed by atoms with Crippen LogP contribution in [0, 0.1) is 10.1 Å². The molecule has 0 aliphatic carbocycles. The molecule has 0 unspecified atom stereocenters. The molecule has 0 aliphatic heterocycles. The Morgan fingerprint density at radius 3 is 2.29 bits per heavy atom. The maximum Gasteiger partial charge on any atom is 0.433 e. The first-order valence-electron chi connectivity index (χ1n) is 3.94. The molecule has 0 aliphatic rings. The third kappa shape index (κ3) is 2.57. The largest absolute Gasteiger partial charge is 0.433 e. The molecule has 0 bridgehead atoms. The first-order valence-corrected chi connectivity index (χ1v) is 3.94. The van der Waals surface area contributed by atoms with Gasteiger partial charge in [0.05, 0.1) is 4.92 Å². The van der Waals surface area contributed by atoms with Gasteiger partial charge in [-0.25, -0.2) is 13.8 Å². The van der Waals surface area contributed by atoms with E-state index < -0.39 is 40.3 Å². The van der Waals surface area contributed by atoms with Gasteiger partial charge in [0.15, 0.2) is 5.69 Å². The van der Waals surface area contributed by atoms with E-state index >= 15 is 0 Å². The summed E-state index contributed by atoms with van der Waals surface area (Å²) in [5.74, 6) is 0. The summed E-state index contributed by atoms with van der Waals surface area (Å²) in [5.41, 5.74) is -0.609. The molecular formula is C7H4F5N3O2. The molecule has 17 heavy (non-hydrogen) atoms. The van der Waals surface area contributed by atoms with E-state index in [4.69, 9.17) is 5.73 Å². The van der Waals surface area contributed by atoms with Crippen molar-refractivity contribution in [1.82, 2.24) is 4.98 Å². The molecule has 0 spiro atoms. The number of pyridine rings is 1. The molecule has 10 heteroatoms. The number of nitrogen functional groups attached to an aromatic ring is 1. The van der Waals surface area contributed by atoms with Crippen LogP contribution in [0.4, 0.5) is 33.3 Å². The summed E-state index contributed by atoms with van der Waals surface area (Å²) in [6, 6.07) is 0.0151. The number of nitro groups is 1. The summed E-state index contributed by atoms with van der Waals surface area (Å²) in [4.78, 5) is 11.7. The Kier molecular flexibility index (Phi) is 3.16. The van der Waals surface area contributed by atoms with Crippen LogP contribution in [0.15, 0.2) is 6.07 Å². The number of alkyl halides is 5. The van der Waals surface area contributed by atoms with Crippen LogP contribution in [-0.4, -0.2) is 9.91 Å². The Morgan fingerprint density at radius 1 is 1.41 bits per heavy atom. The molecule has 1 heterocycles. The summed E-state index contributed by atoms with van der Waals surface area (Å²) in [7, 11) is 0. The topological polar surface area (TPSA) is 82.0 Å². The van der Waals surface area contributed by atoms with Crippen molar-refractivity contribution in [2.75, 3.05) is 5.73 Å². The van der Waals surface area contributed by atoms with Gasteiger partial charge in [0.25, 0.3) is 12.1 Å². The van der Waals surface area contributed by atoms with Crippen LogP contribution < -0.4 is 5.73 Å². The van der Waals surface area contributed by atoms with Crippen LogP contribution in [0.2, 0.25) is 0 Å². The van der Waals surface area contributed by atoms with Crippen LogP contribution in [0.1, 0.15) is 17.8 Å². The second-order valence-corrected chi connectivity index (χ2v) is 2.88. The van der Waals surface area contributed by atoms with Gasteiger partial charge in [-0.3, -0.25) is 10.1 Å². The van der Waals surface area contributed by atoms with Crippen molar-refractivity contribution in [1.29, 1.82) is 0 Å². The molecule has 5 nitrogen and oxygen atoms in total. The summed E-state index contributed by atoms with van der Waals surface area (Å²) >= 11 is 0. The molecule has 0 saturated heterocycles. The van der Waals surface area contributed by atoms with E-state index in [1.54, 1.807) is 0 Å². The molecule has 0 amide bonds. The van der Waals surface area contributed by atoms with E-state index in [0.29, 0.717) is 0 Å². The van der Waals surface area contributed by atoms with Gasteiger partial charge in [-0.05, 0) is 0 Å². The van der Waals surface area contributed by atoms with Gasteiger partial charge in [0.2, 0.25) is 0 Å². The lowest BCUT2D eigenvalue weighted by Gasteiger charge is -2.10. The van der Waals surface area contributed by atoms with Crippen molar-refractivity contribution in [2.24, 2.45) is 0 Å². The first kappa shape index (κ1) is 13.1. The van der Waals surface area contributed by atoms with E-state index in [1.165, 1.54) is 0 Å². The zero-order chi connectivity index (χ0) is 13.4. The fraction of sp³-hybridized carbons (Fsp3) is 0.286. The molecule has 1 aromatic rings. The zero-order valence-corrected chi connectivity index (χ0v) is 7.83. The summed E-state index contributed by atoms with van der Waals surface area (Å²) in [5, 5.41) is 10.4. The van der Waals surface area contributed by atoms with E-state index in [2.05, 4.69) is 4.98 Å². The fourth-order valence-electron chi connectivity index (χ4n) is 1.02. The fourth-order valence-corrected chi connectivity index (χ4v) is 1.02. The lowest BCUT2D eigenvalue weighted by molar-refractivity contribution is -0.384. The number of nitrogens with two attached hydrogens (primary N) is 1. The molecule has 0 saturated carbocycles.